The van der Waals surface area contributed by atoms with E-state index in [1.807, 2.05) is 41.1 Å². The predicted octanol–water partition coefficient (Wildman–Crippen LogP) is 4.61. The lowest BCUT2D eigenvalue weighted by Gasteiger charge is -2.20. The fourth-order valence-corrected chi connectivity index (χ4v) is 5.22. The Morgan fingerprint density at radius 2 is 2.12 bits per heavy atom. The summed E-state index contributed by atoms with van der Waals surface area (Å²) in [5.74, 6) is 1.82. The Morgan fingerprint density at radius 1 is 1.18 bits per heavy atom. The van der Waals surface area contributed by atoms with Crippen LogP contribution >= 0.6 is 11.8 Å². The van der Waals surface area contributed by atoms with Gasteiger partial charge in [0, 0.05) is 47.2 Å². The first kappa shape index (κ1) is 20.0. The van der Waals surface area contributed by atoms with Crippen molar-refractivity contribution in [3.63, 3.8) is 0 Å². The van der Waals surface area contributed by atoms with Gasteiger partial charge in [-0.3, -0.25) is 4.98 Å². The number of fused-ring (bicyclic) bond motifs is 3. The topological polar surface area (TPSA) is 82.2 Å². The van der Waals surface area contributed by atoms with Crippen LogP contribution in [0.15, 0.2) is 53.9 Å². The molecule has 1 N–H and O–H groups in total. The molecule has 5 aromatic rings. The molecule has 1 aliphatic heterocycles. The molecule has 0 fully saturated rings. The second kappa shape index (κ2) is 8.08. The molecule has 0 amide bonds. The molecular formula is C24H23N7OS. The first-order valence-electron chi connectivity index (χ1n) is 11.0. The largest absolute Gasteiger partial charge is 0.494 e. The van der Waals surface area contributed by atoms with Gasteiger partial charge >= 0.3 is 0 Å². The SMILES string of the molecule is CCCc1nn(-c2cc3c(cc2OC)NCCS3)c2cc(-c3cnn4cccnc34)ncc12. The summed E-state index contributed by atoms with van der Waals surface area (Å²) in [6.45, 7) is 3.12. The first-order chi connectivity index (χ1) is 16.3. The van der Waals surface area contributed by atoms with Crippen LogP contribution in [0.1, 0.15) is 19.0 Å². The quantitative estimate of drug-likeness (QED) is 0.413. The van der Waals surface area contributed by atoms with Crippen molar-refractivity contribution in [3.8, 4) is 22.7 Å². The van der Waals surface area contributed by atoms with E-state index in [-0.39, 0.29) is 0 Å². The van der Waals surface area contributed by atoms with Gasteiger partial charge in [0.2, 0.25) is 0 Å². The molecule has 6 rings (SSSR count). The number of rotatable bonds is 5. The third-order valence-corrected chi connectivity index (χ3v) is 6.93. The van der Waals surface area contributed by atoms with Gasteiger partial charge in [0.15, 0.2) is 5.65 Å². The Balaban J connectivity index is 1.58. The number of benzene rings is 1. The van der Waals surface area contributed by atoms with E-state index in [9.17, 15) is 0 Å². The highest BCUT2D eigenvalue weighted by Gasteiger charge is 2.20. The summed E-state index contributed by atoms with van der Waals surface area (Å²) < 4.78 is 9.56. The van der Waals surface area contributed by atoms with Crippen LogP contribution in [0.5, 0.6) is 5.75 Å². The highest BCUT2D eigenvalue weighted by molar-refractivity contribution is 7.99. The molecule has 166 valence electrons. The van der Waals surface area contributed by atoms with Crippen molar-refractivity contribution in [1.82, 2.24) is 29.4 Å². The van der Waals surface area contributed by atoms with E-state index in [4.69, 9.17) is 14.8 Å². The molecule has 0 saturated heterocycles. The maximum Gasteiger partial charge on any atom is 0.164 e. The number of aryl methyl sites for hydroxylation is 1. The Morgan fingerprint density at radius 3 is 3.00 bits per heavy atom. The number of methoxy groups -OCH3 is 1. The molecule has 0 atom stereocenters. The van der Waals surface area contributed by atoms with Crippen molar-refractivity contribution in [3.05, 3.63) is 54.7 Å². The Labute approximate surface area is 195 Å². The van der Waals surface area contributed by atoms with E-state index in [1.54, 1.807) is 17.8 Å². The first-order valence-corrected chi connectivity index (χ1v) is 12.0. The number of hydrogen-bond acceptors (Lipinski definition) is 7. The summed E-state index contributed by atoms with van der Waals surface area (Å²) >= 11 is 1.85. The van der Waals surface area contributed by atoms with Crippen LogP contribution in [0.3, 0.4) is 0 Å². The number of nitrogens with zero attached hydrogens (tertiary/aromatic N) is 6. The molecule has 0 aliphatic carbocycles. The number of anilines is 1. The molecule has 0 unspecified atom stereocenters. The number of ether oxygens (including phenoxy) is 1. The fraction of sp³-hybridized carbons (Fsp3) is 0.250. The molecule has 9 heteroatoms. The molecule has 1 aromatic carbocycles. The van der Waals surface area contributed by atoms with Gasteiger partial charge in [-0.25, -0.2) is 14.2 Å². The molecule has 1 aliphatic rings. The lowest BCUT2D eigenvalue weighted by Crippen LogP contribution is -2.11. The Bertz CT molecular complexity index is 1490. The predicted molar refractivity (Wildman–Crippen MR) is 131 cm³/mol. The number of aromatic nitrogens is 6. The van der Waals surface area contributed by atoms with E-state index >= 15 is 0 Å². The highest BCUT2D eigenvalue weighted by atomic mass is 32.2. The minimum atomic E-state index is 0.776. The van der Waals surface area contributed by atoms with Crippen molar-refractivity contribution in [2.45, 2.75) is 24.7 Å². The lowest BCUT2D eigenvalue weighted by atomic mass is 10.1. The summed E-state index contributed by atoms with van der Waals surface area (Å²) in [4.78, 5) is 10.5. The summed E-state index contributed by atoms with van der Waals surface area (Å²) in [5, 5.41) is 14.0. The van der Waals surface area contributed by atoms with Gasteiger partial charge in [0.25, 0.3) is 0 Å². The highest BCUT2D eigenvalue weighted by Crippen LogP contribution is 2.39. The van der Waals surface area contributed by atoms with Crippen LogP contribution in [0.2, 0.25) is 0 Å². The number of pyridine rings is 1. The summed E-state index contributed by atoms with van der Waals surface area (Å²) in [6.07, 6.45) is 9.28. The fourth-order valence-electron chi connectivity index (χ4n) is 4.31. The average molecular weight is 458 g/mol. The van der Waals surface area contributed by atoms with E-state index in [0.717, 1.165) is 75.8 Å². The third-order valence-electron chi connectivity index (χ3n) is 5.87. The summed E-state index contributed by atoms with van der Waals surface area (Å²) in [6, 6.07) is 8.18. The van der Waals surface area contributed by atoms with E-state index < -0.39 is 0 Å². The second-order valence-electron chi connectivity index (χ2n) is 7.94. The maximum atomic E-state index is 5.80. The van der Waals surface area contributed by atoms with Crippen molar-refractivity contribution < 1.29 is 4.74 Å². The van der Waals surface area contributed by atoms with Gasteiger partial charge in [0.05, 0.1) is 41.5 Å². The second-order valence-corrected chi connectivity index (χ2v) is 9.07. The lowest BCUT2D eigenvalue weighted by molar-refractivity contribution is 0.412. The zero-order chi connectivity index (χ0) is 22.4. The zero-order valence-corrected chi connectivity index (χ0v) is 19.3. The minimum absolute atomic E-state index is 0.776. The maximum absolute atomic E-state index is 5.80. The smallest absolute Gasteiger partial charge is 0.164 e. The van der Waals surface area contributed by atoms with Crippen LogP contribution in [-0.2, 0) is 6.42 Å². The molecule has 8 nitrogen and oxygen atoms in total. The number of hydrogen-bond donors (Lipinski definition) is 1. The van der Waals surface area contributed by atoms with E-state index in [2.05, 4.69) is 40.5 Å². The van der Waals surface area contributed by atoms with Gasteiger partial charge in [-0.1, -0.05) is 13.3 Å². The molecule has 4 aromatic heterocycles. The van der Waals surface area contributed by atoms with Crippen LogP contribution < -0.4 is 10.1 Å². The van der Waals surface area contributed by atoms with Crippen LogP contribution in [0, 0.1) is 0 Å². The molecule has 0 bridgehead atoms. The normalized spacial score (nSPS) is 13.3. The monoisotopic (exact) mass is 457 g/mol. The standard InChI is InChI=1S/C24H23N7OS/c1-3-5-17-15-13-27-18(16-14-28-30-8-4-6-26-24(16)30)10-20(15)31(29-17)21-12-23-19(11-22(21)32-2)25-7-9-33-23/h4,6,8,10-14,25H,3,5,7,9H2,1-2H3. The Hall–Kier alpha value is -3.59. The van der Waals surface area contributed by atoms with Gasteiger partial charge in [-0.05, 0) is 24.6 Å². The van der Waals surface area contributed by atoms with E-state index in [1.165, 1.54) is 4.90 Å². The van der Waals surface area contributed by atoms with Crippen LogP contribution in [-0.4, -0.2) is 48.8 Å². The summed E-state index contributed by atoms with van der Waals surface area (Å²) in [5.41, 5.74) is 6.54. The average Bonchev–Trinajstić information content (AvgIpc) is 3.45. The van der Waals surface area contributed by atoms with Crippen molar-refractivity contribution in [1.29, 1.82) is 0 Å². The van der Waals surface area contributed by atoms with Gasteiger partial charge in [-0.2, -0.15) is 10.2 Å². The number of nitrogens with one attached hydrogen (secondary N) is 1. The van der Waals surface area contributed by atoms with Gasteiger partial charge in [0.1, 0.15) is 11.4 Å². The van der Waals surface area contributed by atoms with Crippen molar-refractivity contribution in [2.24, 2.45) is 0 Å². The minimum Gasteiger partial charge on any atom is -0.494 e. The molecule has 5 heterocycles. The van der Waals surface area contributed by atoms with Gasteiger partial charge in [-0.15, -0.1) is 11.8 Å². The molecule has 0 saturated carbocycles. The van der Waals surface area contributed by atoms with Crippen molar-refractivity contribution in [2.75, 3.05) is 24.7 Å². The molecule has 0 spiro atoms. The molecule has 33 heavy (non-hydrogen) atoms. The number of thioether (sulfide) groups is 1. The van der Waals surface area contributed by atoms with Crippen molar-refractivity contribution >= 4 is 34.0 Å². The van der Waals surface area contributed by atoms with Crippen LogP contribution in [0.4, 0.5) is 5.69 Å². The third kappa shape index (κ3) is 3.31. The Kier molecular flexibility index (Phi) is 4.91. The van der Waals surface area contributed by atoms with Crippen LogP contribution in [0.25, 0.3) is 33.5 Å². The molecule has 0 radical (unpaired) electrons. The summed E-state index contributed by atoms with van der Waals surface area (Å²) in [7, 11) is 1.71. The van der Waals surface area contributed by atoms with Gasteiger partial charge < -0.3 is 10.1 Å². The molecular weight excluding hydrogens is 434 g/mol. The zero-order valence-electron chi connectivity index (χ0n) is 18.4. The van der Waals surface area contributed by atoms with E-state index in [0.29, 0.717) is 0 Å².